The molecule has 0 saturated carbocycles. The van der Waals surface area contributed by atoms with Crippen molar-refractivity contribution >= 4 is 17.4 Å². The summed E-state index contributed by atoms with van der Waals surface area (Å²) in [6.45, 7) is 3.01. The molecule has 0 aliphatic heterocycles. The average molecular weight is 256 g/mol. The first-order chi connectivity index (χ1) is 8.15. The fourth-order valence-corrected chi connectivity index (χ4v) is 2.37. The van der Waals surface area contributed by atoms with Gasteiger partial charge in [-0.25, -0.2) is 4.79 Å². The van der Waals surface area contributed by atoms with Crippen molar-refractivity contribution in [3.63, 3.8) is 0 Å². The Bertz CT molecular complexity index is 325. The molecule has 0 aliphatic rings. The minimum Gasteiger partial charge on any atom is -0.450 e. The predicted octanol–water partition coefficient (Wildman–Crippen LogP) is 2.49. The van der Waals surface area contributed by atoms with Crippen LogP contribution in [0.3, 0.4) is 0 Å². The molecule has 1 aromatic heterocycles. The van der Waals surface area contributed by atoms with E-state index in [4.69, 9.17) is 4.74 Å². The molecule has 1 rings (SSSR count). The maximum Gasteiger partial charge on any atom is 0.407 e. The van der Waals surface area contributed by atoms with Crippen LogP contribution in [0.15, 0.2) is 17.5 Å². The highest BCUT2D eigenvalue weighted by Crippen LogP contribution is 2.22. The van der Waals surface area contributed by atoms with Gasteiger partial charge in [-0.05, 0) is 32.0 Å². The Morgan fingerprint density at radius 2 is 2.35 bits per heavy atom. The molecule has 0 fully saturated rings. The summed E-state index contributed by atoms with van der Waals surface area (Å²) in [5, 5.41) is 4.83. The van der Waals surface area contributed by atoms with Crippen molar-refractivity contribution in [3.8, 4) is 0 Å². The molecule has 0 spiro atoms. The van der Waals surface area contributed by atoms with Gasteiger partial charge >= 0.3 is 6.09 Å². The van der Waals surface area contributed by atoms with Crippen molar-refractivity contribution in [2.75, 3.05) is 27.2 Å². The first kappa shape index (κ1) is 14.0. The first-order valence-corrected chi connectivity index (χ1v) is 6.63. The number of carbonyl (C=O) groups excluding carboxylic acids is 1. The van der Waals surface area contributed by atoms with Gasteiger partial charge in [-0.15, -0.1) is 11.3 Å². The summed E-state index contributed by atoms with van der Waals surface area (Å²) >= 11 is 1.70. The number of rotatable bonds is 6. The van der Waals surface area contributed by atoms with E-state index in [0.29, 0.717) is 13.2 Å². The van der Waals surface area contributed by atoms with Gasteiger partial charge in [0.2, 0.25) is 0 Å². The second-order valence-electron chi connectivity index (χ2n) is 4.01. The third kappa shape index (κ3) is 4.75. The number of thiophene rings is 1. The molecule has 0 bridgehead atoms. The molecule has 96 valence electrons. The molecule has 0 saturated heterocycles. The zero-order chi connectivity index (χ0) is 12.7. The normalized spacial score (nSPS) is 12.5. The Labute approximate surface area is 107 Å². The van der Waals surface area contributed by atoms with Gasteiger partial charge in [-0.1, -0.05) is 13.0 Å². The minimum absolute atomic E-state index is 0.198. The third-order valence-corrected chi connectivity index (χ3v) is 3.35. The SMILES string of the molecule is CCCOC(=O)NCC(c1cccs1)N(C)C. The van der Waals surface area contributed by atoms with Crippen molar-refractivity contribution < 1.29 is 9.53 Å². The zero-order valence-corrected chi connectivity index (χ0v) is 11.4. The third-order valence-electron chi connectivity index (χ3n) is 2.37. The fraction of sp³-hybridized carbons (Fsp3) is 0.583. The van der Waals surface area contributed by atoms with Crippen LogP contribution in [0.4, 0.5) is 4.79 Å². The van der Waals surface area contributed by atoms with Gasteiger partial charge in [0.25, 0.3) is 0 Å². The maximum atomic E-state index is 11.4. The van der Waals surface area contributed by atoms with Gasteiger partial charge in [-0.2, -0.15) is 0 Å². The molecule has 1 amide bonds. The van der Waals surface area contributed by atoms with Crippen molar-refractivity contribution in [1.82, 2.24) is 10.2 Å². The number of nitrogens with zero attached hydrogens (tertiary/aromatic N) is 1. The summed E-state index contributed by atoms with van der Waals surface area (Å²) in [4.78, 5) is 14.7. The number of hydrogen-bond acceptors (Lipinski definition) is 4. The summed E-state index contributed by atoms with van der Waals surface area (Å²) in [7, 11) is 4.01. The van der Waals surface area contributed by atoms with Gasteiger partial charge in [0.15, 0.2) is 0 Å². The molecule has 17 heavy (non-hydrogen) atoms. The molecule has 0 aromatic carbocycles. The van der Waals surface area contributed by atoms with E-state index in [1.165, 1.54) is 4.88 Å². The van der Waals surface area contributed by atoms with E-state index in [1.54, 1.807) is 11.3 Å². The lowest BCUT2D eigenvalue weighted by atomic mass is 10.2. The number of amides is 1. The standard InChI is InChI=1S/C12H20N2O2S/c1-4-7-16-12(15)13-9-10(14(2)3)11-6-5-8-17-11/h5-6,8,10H,4,7,9H2,1-3H3,(H,13,15). The summed E-state index contributed by atoms with van der Waals surface area (Å²) in [5.74, 6) is 0. The topological polar surface area (TPSA) is 41.6 Å². The van der Waals surface area contributed by atoms with E-state index >= 15 is 0 Å². The van der Waals surface area contributed by atoms with Gasteiger partial charge in [-0.3, -0.25) is 0 Å². The average Bonchev–Trinajstić information content (AvgIpc) is 2.79. The Morgan fingerprint density at radius 3 is 2.88 bits per heavy atom. The smallest absolute Gasteiger partial charge is 0.407 e. The number of ether oxygens (including phenoxy) is 1. The number of carbonyl (C=O) groups is 1. The molecular weight excluding hydrogens is 236 g/mol. The lowest BCUT2D eigenvalue weighted by Gasteiger charge is -2.23. The van der Waals surface area contributed by atoms with Crippen molar-refractivity contribution in [3.05, 3.63) is 22.4 Å². The number of likely N-dealkylation sites (N-methyl/N-ethyl adjacent to an activating group) is 1. The second kappa shape index (κ2) is 7.29. The van der Waals surface area contributed by atoms with E-state index < -0.39 is 0 Å². The van der Waals surface area contributed by atoms with Crippen molar-refractivity contribution in [2.45, 2.75) is 19.4 Å². The molecule has 1 heterocycles. The van der Waals surface area contributed by atoms with E-state index in [9.17, 15) is 4.79 Å². The van der Waals surface area contributed by atoms with Gasteiger partial charge in [0.05, 0.1) is 12.6 Å². The quantitative estimate of drug-likeness (QED) is 0.850. The van der Waals surface area contributed by atoms with Crippen LogP contribution in [-0.2, 0) is 4.74 Å². The van der Waals surface area contributed by atoms with Crippen molar-refractivity contribution in [2.24, 2.45) is 0 Å². The minimum atomic E-state index is -0.338. The summed E-state index contributed by atoms with van der Waals surface area (Å²) in [6.07, 6.45) is 0.505. The van der Waals surface area contributed by atoms with Gasteiger partial charge in [0.1, 0.15) is 0 Å². The lowest BCUT2D eigenvalue weighted by molar-refractivity contribution is 0.142. The van der Waals surface area contributed by atoms with E-state index in [1.807, 2.05) is 32.5 Å². The monoisotopic (exact) mass is 256 g/mol. The van der Waals surface area contributed by atoms with Crippen LogP contribution in [-0.4, -0.2) is 38.2 Å². The second-order valence-corrected chi connectivity index (χ2v) is 4.99. The van der Waals surface area contributed by atoms with E-state index in [0.717, 1.165) is 6.42 Å². The largest absolute Gasteiger partial charge is 0.450 e. The molecule has 1 aromatic rings. The molecule has 1 unspecified atom stereocenters. The molecule has 0 aliphatic carbocycles. The van der Waals surface area contributed by atoms with Crippen LogP contribution in [0.2, 0.25) is 0 Å². The van der Waals surface area contributed by atoms with Crippen LogP contribution >= 0.6 is 11.3 Å². The van der Waals surface area contributed by atoms with Crippen LogP contribution < -0.4 is 5.32 Å². The molecule has 5 heteroatoms. The van der Waals surface area contributed by atoms with Crippen LogP contribution in [0.5, 0.6) is 0 Å². The Morgan fingerprint density at radius 1 is 1.59 bits per heavy atom. The Hall–Kier alpha value is -1.07. The van der Waals surface area contributed by atoms with Crippen LogP contribution in [0.1, 0.15) is 24.3 Å². The number of alkyl carbamates (subject to hydrolysis) is 1. The first-order valence-electron chi connectivity index (χ1n) is 5.75. The Balaban J connectivity index is 2.43. The van der Waals surface area contributed by atoms with Crippen molar-refractivity contribution in [1.29, 1.82) is 0 Å². The Kier molecular flexibility index (Phi) is 6.00. The van der Waals surface area contributed by atoms with E-state index in [-0.39, 0.29) is 12.1 Å². The molecule has 0 radical (unpaired) electrons. The number of hydrogen-bond donors (Lipinski definition) is 1. The fourth-order valence-electron chi connectivity index (χ4n) is 1.44. The summed E-state index contributed by atoms with van der Waals surface area (Å²) in [5.41, 5.74) is 0. The van der Waals surface area contributed by atoms with Gasteiger partial charge in [0, 0.05) is 11.4 Å². The predicted molar refractivity (Wildman–Crippen MR) is 70.4 cm³/mol. The maximum absolute atomic E-state index is 11.4. The molecule has 1 atom stereocenters. The molecule has 4 nitrogen and oxygen atoms in total. The highest BCUT2D eigenvalue weighted by Gasteiger charge is 2.16. The van der Waals surface area contributed by atoms with Crippen LogP contribution in [0.25, 0.3) is 0 Å². The van der Waals surface area contributed by atoms with Gasteiger partial charge < -0.3 is 15.0 Å². The molecular formula is C12H20N2O2S. The zero-order valence-electron chi connectivity index (χ0n) is 10.6. The summed E-state index contributed by atoms with van der Waals surface area (Å²) in [6, 6.07) is 4.30. The number of nitrogens with one attached hydrogen (secondary N) is 1. The van der Waals surface area contributed by atoms with E-state index in [2.05, 4.69) is 16.3 Å². The molecule has 1 N–H and O–H groups in total. The lowest BCUT2D eigenvalue weighted by Crippen LogP contribution is -2.34. The highest BCUT2D eigenvalue weighted by atomic mass is 32.1. The highest BCUT2D eigenvalue weighted by molar-refractivity contribution is 7.10. The van der Waals surface area contributed by atoms with Crippen LogP contribution in [0, 0.1) is 0 Å². The summed E-state index contributed by atoms with van der Waals surface area (Å²) < 4.78 is 4.97.